The predicted octanol–water partition coefficient (Wildman–Crippen LogP) is 2.68. The van der Waals surface area contributed by atoms with E-state index in [2.05, 4.69) is 29.6 Å². The van der Waals surface area contributed by atoms with Gasteiger partial charge in [0, 0.05) is 6.42 Å². The van der Waals surface area contributed by atoms with Crippen molar-refractivity contribution in [2.75, 3.05) is 13.1 Å². The van der Waals surface area contributed by atoms with Crippen LogP contribution in [0.4, 0.5) is 0 Å². The van der Waals surface area contributed by atoms with Crippen molar-refractivity contribution in [2.24, 2.45) is 0 Å². The number of Topliss-reactive ketones (excluding diaryl/α,β-unsaturated/α-hetero) is 1. The van der Waals surface area contributed by atoms with Crippen molar-refractivity contribution in [1.82, 2.24) is 5.32 Å². The van der Waals surface area contributed by atoms with Crippen molar-refractivity contribution in [3.8, 4) is 0 Å². The molecule has 0 spiro atoms. The molecule has 1 aromatic carbocycles. The second kappa shape index (κ2) is 5.97. The Bertz CT molecular complexity index is 363. The number of piperidine rings is 1. The maximum Gasteiger partial charge on any atom is 0.130 e. The minimum absolute atomic E-state index is 0.271. The number of nitrogens with one attached hydrogen (secondary N) is 1. The van der Waals surface area contributed by atoms with Crippen LogP contribution in [-0.2, 0) is 11.2 Å². The van der Waals surface area contributed by atoms with E-state index in [4.69, 9.17) is 0 Å². The second-order valence-corrected chi connectivity index (χ2v) is 4.97. The highest BCUT2D eigenvalue weighted by atomic mass is 16.1. The van der Waals surface area contributed by atoms with Crippen LogP contribution in [0.15, 0.2) is 24.3 Å². The first kappa shape index (κ1) is 12.3. The molecule has 0 aliphatic carbocycles. The fraction of sp³-hybridized carbons (Fsp3) is 0.533. The van der Waals surface area contributed by atoms with Gasteiger partial charge in [-0.15, -0.1) is 0 Å². The van der Waals surface area contributed by atoms with E-state index in [-0.39, 0.29) is 5.78 Å². The molecule has 92 valence electrons. The van der Waals surface area contributed by atoms with Gasteiger partial charge in [0.25, 0.3) is 0 Å². The summed E-state index contributed by atoms with van der Waals surface area (Å²) < 4.78 is 0. The van der Waals surface area contributed by atoms with Gasteiger partial charge < -0.3 is 10.1 Å². The Balaban J connectivity index is 1.94. The minimum Gasteiger partial charge on any atom is -0.317 e. The highest BCUT2D eigenvalue weighted by Crippen LogP contribution is 2.25. The van der Waals surface area contributed by atoms with Crippen molar-refractivity contribution < 1.29 is 4.79 Å². The third kappa shape index (κ3) is 3.67. The molecule has 17 heavy (non-hydrogen) atoms. The van der Waals surface area contributed by atoms with Crippen molar-refractivity contribution >= 4 is 5.78 Å². The first-order valence-corrected chi connectivity index (χ1v) is 6.54. The van der Waals surface area contributed by atoms with E-state index < -0.39 is 0 Å². The molecule has 1 N–H and O–H groups in total. The molecule has 2 rings (SSSR count). The number of carbonyl (C=O) groups is 1. The monoisotopic (exact) mass is 231 g/mol. The summed E-state index contributed by atoms with van der Waals surface area (Å²) in [5, 5.41) is 3.39. The zero-order valence-electron chi connectivity index (χ0n) is 10.5. The average Bonchev–Trinajstić information content (AvgIpc) is 2.38. The van der Waals surface area contributed by atoms with Gasteiger partial charge in [0.1, 0.15) is 5.78 Å². The molecule has 0 aromatic heterocycles. The molecule has 0 amide bonds. The van der Waals surface area contributed by atoms with E-state index in [1.807, 2.05) is 0 Å². The van der Waals surface area contributed by atoms with Crippen LogP contribution in [0.3, 0.4) is 0 Å². The molecule has 1 saturated heterocycles. The summed E-state index contributed by atoms with van der Waals surface area (Å²) in [5.41, 5.74) is 2.73. The molecular formula is C15H21NO. The van der Waals surface area contributed by atoms with Gasteiger partial charge in [-0.05, 0) is 56.3 Å². The maximum atomic E-state index is 10.9. The van der Waals surface area contributed by atoms with Crippen LogP contribution in [-0.4, -0.2) is 18.9 Å². The Hall–Kier alpha value is -1.15. The zero-order valence-corrected chi connectivity index (χ0v) is 10.5. The van der Waals surface area contributed by atoms with Crippen molar-refractivity contribution in [1.29, 1.82) is 0 Å². The minimum atomic E-state index is 0.271. The van der Waals surface area contributed by atoms with Crippen LogP contribution >= 0.6 is 0 Å². The van der Waals surface area contributed by atoms with Crippen molar-refractivity contribution in [2.45, 2.75) is 38.5 Å². The van der Waals surface area contributed by atoms with Gasteiger partial charge in [0.2, 0.25) is 0 Å². The Labute approximate surface area is 103 Å². The second-order valence-electron chi connectivity index (χ2n) is 4.97. The summed E-state index contributed by atoms with van der Waals surface area (Å²) in [6.45, 7) is 3.93. The Morgan fingerprint density at radius 2 is 1.88 bits per heavy atom. The van der Waals surface area contributed by atoms with E-state index in [9.17, 15) is 4.79 Å². The van der Waals surface area contributed by atoms with Crippen molar-refractivity contribution in [3.05, 3.63) is 35.4 Å². The Kier molecular flexibility index (Phi) is 4.32. The largest absolute Gasteiger partial charge is 0.317 e. The van der Waals surface area contributed by atoms with E-state index in [0.717, 1.165) is 25.4 Å². The van der Waals surface area contributed by atoms with Gasteiger partial charge in [-0.25, -0.2) is 0 Å². The van der Waals surface area contributed by atoms with Gasteiger partial charge in [0.15, 0.2) is 0 Å². The number of benzene rings is 1. The smallest absolute Gasteiger partial charge is 0.130 e. The summed E-state index contributed by atoms with van der Waals surface area (Å²) in [5.74, 6) is 0.991. The lowest BCUT2D eigenvalue weighted by atomic mass is 9.89. The third-order valence-corrected chi connectivity index (χ3v) is 3.56. The van der Waals surface area contributed by atoms with Crippen LogP contribution in [0.2, 0.25) is 0 Å². The van der Waals surface area contributed by atoms with Crippen LogP contribution in [0.1, 0.15) is 43.2 Å². The number of aryl methyl sites for hydroxylation is 1. The SMILES string of the molecule is CC(=O)CCc1ccc(C2CCNCC2)cc1. The van der Waals surface area contributed by atoms with E-state index in [1.54, 1.807) is 6.92 Å². The highest BCUT2D eigenvalue weighted by Gasteiger charge is 2.14. The Morgan fingerprint density at radius 3 is 2.47 bits per heavy atom. The molecule has 0 saturated carbocycles. The summed E-state index contributed by atoms with van der Waals surface area (Å²) >= 11 is 0. The standard InChI is InChI=1S/C15H21NO/c1-12(17)2-3-13-4-6-14(7-5-13)15-8-10-16-11-9-15/h4-7,15-16H,2-3,8-11H2,1H3. The molecule has 2 heteroatoms. The van der Waals surface area contributed by atoms with Gasteiger partial charge in [-0.2, -0.15) is 0 Å². The molecule has 1 aliphatic heterocycles. The molecule has 2 nitrogen and oxygen atoms in total. The summed E-state index contributed by atoms with van der Waals surface area (Å²) in [6.07, 6.45) is 4.02. The molecule has 1 fully saturated rings. The third-order valence-electron chi connectivity index (χ3n) is 3.56. The van der Waals surface area contributed by atoms with Crippen molar-refractivity contribution in [3.63, 3.8) is 0 Å². The summed E-state index contributed by atoms with van der Waals surface area (Å²) in [4.78, 5) is 10.9. The van der Waals surface area contributed by atoms with E-state index in [0.29, 0.717) is 6.42 Å². The number of rotatable bonds is 4. The van der Waals surface area contributed by atoms with E-state index >= 15 is 0 Å². The number of hydrogen-bond acceptors (Lipinski definition) is 2. The first-order chi connectivity index (χ1) is 8.25. The van der Waals surface area contributed by atoms with Crippen LogP contribution in [0, 0.1) is 0 Å². The molecule has 0 atom stereocenters. The average molecular weight is 231 g/mol. The van der Waals surface area contributed by atoms with Crippen LogP contribution in [0.25, 0.3) is 0 Å². The zero-order chi connectivity index (χ0) is 12.1. The molecule has 0 unspecified atom stereocenters. The molecular weight excluding hydrogens is 210 g/mol. The van der Waals surface area contributed by atoms with Gasteiger partial charge in [-0.3, -0.25) is 0 Å². The lowest BCUT2D eigenvalue weighted by Gasteiger charge is -2.23. The fourth-order valence-corrected chi connectivity index (χ4v) is 2.43. The normalized spacial score (nSPS) is 17.0. The predicted molar refractivity (Wildman–Crippen MR) is 70.3 cm³/mol. The number of hydrogen-bond donors (Lipinski definition) is 1. The summed E-state index contributed by atoms with van der Waals surface area (Å²) in [6, 6.07) is 8.84. The molecule has 1 aromatic rings. The highest BCUT2D eigenvalue weighted by molar-refractivity contribution is 5.75. The van der Waals surface area contributed by atoms with E-state index in [1.165, 1.54) is 24.0 Å². The maximum absolute atomic E-state index is 10.9. The van der Waals surface area contributed by atoms with Gasteiger partial charge in [-0.1, -0.05) is 24.3 Å². The molecule has 1 aliphatic rings. The number of ketones is 1. The van der Waals surface area contributed by atoms with Gasteiger partial charge >= 0.3 is 0 Å². The first-order valence-electron chi connectivity index (χ1n) is 6.54. The lowest BCUT2D eigenvalue weighted by molar-refractivity contribution is -0.116. The lowest BCUT2D eigenvalue weighted by Crippen LogP contribution is -2.26. The quantitative estimate of drug-likeness (QED) is 0.863. The molecule has 0 radical (unpaired) electrons. The summed E-state index contributed by atoms with van der Waals surface area (Å²) in [7, 11) is 0. The van der Waals surface area contributed by atoms with Gasteiger partial charge in [0.05, 0.1) is 0 Å². The number of carbonyl (C=O) groups excluding carboxylic acids is 1. The topological polar surface area (TPSA) is 29.1 Å². The Morgan fingerprint density at radius 1 is 1.24 bits per heavy atom. The van der Waals surface area contributed by atoms with Crippen LogP contribution in [0.5, 0.6) is 0 Å². The molecule has 1 heterocycles. The molecule has 0 bridgehead atoms. The fourth-order valence-electron chi connectivity index (χ4n) is 2.43. The van der Waals surface area contributed by atoms with Crippen LogP contribution < -0.4 is 5.32 Å².